The first-order chi connectivity index (χ1) is 6.17. The van der Waals surface area contributed by atoms with Crippen molar-refractivity contribution in [3.8, 4) is 0 Å². The van der Waals surface area contributed by atoms with Crippen molar-refractivity contribution in [3.63, 3.8) is 0 Å². The lowest BCUT2D eigenvalue weighted by atomic mass is 9.58. The van der Waals surface area contributed by atoms with Crippen LogP contribution in [0.3, 0.4) is 0 Å². The molecule has 2 bridgehead atoms. The summed E-state index contributed by atoms with van der Waals surface area (Å²) in [7, 11) is 0. The average Bonchev–Trinajstić information content (AvgIpc) is 2.47. The zero-order chi connectivity index (χ0) is 9.10. The second-order valence-electron chi connectivity index (χ2n) is 4.88. The molecule has 0 aliphatic heterocycles. The molecule has 4 atom stereocenters. The van der Waals surface area contributed by atoms with Gasteiger partial charge in [0, 0.05) is 11.8 Å². The molecule has 2 N–H and O–H groups in total. The van der Waals surface area contributed by atoms with Gasteiger partial charge in [0.2, 0.25) is 0 Å². The van der Waals surface area contributed by atoms with E-state index in [4.69, 9.17) is 0 Å². The zero-order valence-corrected chi connectivity index (χ0v) is 7.74. The SMILES string of the molecule is OC12CCC[C@]1(O)[C@@H]1C=CC2CC1. The van der Waals surface area contributed by atoms with E-state index < -0.39 is 11.2 Å². The molecule has 4 aliphatic rings. The van der Waals surface area contributed by atoms with Gasteiger partial charge in [-0.25, -0.2) is 0 Å². The van der Waals surface area contributed by atoms with E-state index >= 15 is 0 Å². The summed E-state index contributed by atoms with van der Waals surface area (Å²) in [6.45, 7) is 0. The molecule has 13 heavy (non-hydrogen) atoms. The number of rotatable bonds is 0. The second-order valence-corrected chi connectivity index (χ2v) is 4.88. The lowest BCUT2D eigenvalue weighted by molar-refractivity contribution is -0.199. The van der Waals surface area contributed by atoms with Gasteiger partial charge in [-0.2, -0.15) is 0 Å². The molecule has 4 aliphatic carbocycles. The highest BCUT2D eigenvalue weighted by Gasteiger charge is 2.63. The van der Waals surface area contributed by atoms with E-state index in [1.807, 2.05) is 0 Å². The van der Waals surface area contributed by atoms with Gasteiger partial charge in [0.05, 0.1) is 0 Å². The van der Waals surface area contributed by atoms with Crippen molar-refractivity contribution in [2.45, 2.75) is 43.3 Å². The topological polar surface area (TPSA) is 40.5 Å². The number of hydrogen-bond donors (Lipinski definition) is 2. The molecule has 2 fully saturated rings. The minimum absolute atomic E-state index is 0.213. The predicted octanol–water partition coefficient (Wildman–Crippen LogP) is 1.23. The third-order valence-electron chi connectivity index (χ3n) is 4.46. The molecule has 0 aromatic carbocycles. The predicted molar refractivity (Wildman–Crippen MR) is 49.1 cm³/mol. The Balaban J connectivity index is 2.13. The highest BCUT2D eigenvalue weighted by atomic mass is 16.4. The van der Waals surface area contributed by atoms with Crippen molar-refractivity contribution in [3.05, 3.63) is 12.2 Å². The highest BCUT2D eigenvalue weighted by Crippen LogP contribution is 2.57. The number of fused-ring (bicyclic) bond motifs is 1. The van der Waals surface area contributed by atoms with E-state index in [0.29, 0.717) is 0 Å². The molecule has 0 radical (unpaired) electrons. The first-order valence-corrected chi connectivity index (χ1v) is 5.30. The molecule has 72 valence electrons. The Morgan fingerprint density at radius 1 is 0.923 bits per heavy atom. The van der Waals surface area contributed by atoms with Crippen molar-refractivity contribution < 1.29 is 10.2 Å². The molecule has 2 unspecified atom stereocenters. The third-order valence-corrected chi connectivity index (χ3v) is 4.46. The molecule has 0 heterocycles. The van der Waals surface area contributed by atoms with Crippen molar-refractivity contribution in [2.75, 3.05) is 0 Å². The van der Waals surface area contributed by atoms with Crippen LogP contribution < -0.4 is 0 Å². The first-order valence-electron chi connectivity index (χ1n) is 5.30. The van der Waals surface area contributed by atoms with Crippen LogP contribution in [-0.2, 0) is 0 Å². The van der Waals surface area contributed by atoms with Crippen LogP contribution in [0.1, 0.15) is 32.1 Å². The summed E-state index contributed by atoms with van der Waals surface area (Å²) in [5.74, 6) is 0.426. The van der Waals surface area contributed by atoms with Gasteiger partial charge < -0.3 is 10.2 Å². The lowest BCUT2D eigenvalue weighted by Gasteiger charge is -2.53. The summed E-state index contributed by atoms with van der Waals surface area (Å²) in [5.41, 5.74) is -1.57. The van der Waals surface area contributed by atoms with Crippen LogP contribution in [0, 0.1) is 11.8 Å². The maximum atomic E-state index is 10.5. The highest BCUT2D eigenvalue weighted by molar-refractivity contribution is 5.25. The van der Waals surface area contributed by atoms with Gasteiger partial charge >= 0.3 is 0 Å². The molecule has 0 aromatic heterocycles. The van der Waals surface area contributed by atoms with Crippen LogP contribution in [-0.4, -0.2) is 21.4 Å². The monoisotopic (exact) mass is 180 g/mol. The van der Waals surface area contributed by atoms with Gasteiger partial charge in [0.1, 0.15) is 11.2 Å². The van der Waals surface area contributed by atoms with Gasteiger partial charge in [0.25, 0.3) is 0 Å². The second kappa shape index (κ2) is 2.18. The van der Waals surface area contributed by atoms with Crippen LogP contribution in [0.25, 0.3) is 0 Å². The number of hydrogen-bond acceptors (Lipinski definition) is 2. The Morgan fingerprint density at radius 3 is 1.77 bits per heavy atom. The molecule has 0 aromatic rings. The van der Waals surface area contributed by atoms with E-state index in [2.05, 4.69) is 12.2 Å². The molecular weight excluding hydrogens is 164 g/mol. The lowest BCUT2D eigenvalue weighted by Crippen LogP contribution is -2.63. The Morgan fingerprint density at radius 2 is 1.38 bits per heavy atom. The summed E-state index contributed by atoms with van der Waals surface area (Å²) in [6.07, 6.45) is 8.90. The van der Waals surface area contributed by atoms with E-state index in [1.54, 1.807) is 0 Å². The van der Waals surface area contributed by atoms with Crippen LogP contribution >= 0.6 is 0 Å². The van der Waals surface area contributed by atoms with E-state index in [9.17, 15) is 10.2 Å². The van der Waals surface area contributed by atoms with Crippen molar-refractivity contribution in [2.24, 2.45) is 11.8 Å². The zero-order valence-electron chi connectivity index (χ0n) is 7.74. The standard InChI is InChI=1S/C11H16O2/c12-10-6-1-7-11(10,13)9-3-2-8(10)4-5-9/h2-3,8-9,12-13H,1,4-7H2/t8-,9?,10+,11?/m1/s1. The van der Waals surface area contributed by atoms with E-state index in [0.717, 1.165) is 32.1 Å². The van der Waals surface area contributed by atoms with Crippen LogP contribution in [0.15, 0.2) is 12.2 Å². The first kappa shape index (κ1) is 8.01. The van der Waals surface area contributed by atoms with Crippen LogP contribution in [0.5, 0.6) is 0 Å². The smallest absolute Gasteiger partial charge is 0.100 e. The fraction of sp³-hybridized carbons (Fsp3) is 0.818. The summed E-state index contributed by atoms with van der Waals surface area (Å²) in [5, 5.41) is 20.9. The van der Waals surface area contributed by atoms with Crippen molar-refractivity contribution >= 4 is 0 Å². The Hall–Kier alpha value is -0.340. The fourth-order valence-electron chi connectivity index (χ4n) is 3.69. The van der Waals surface area contributed by atoms with Crippen LogP contribution in [0.2, 0.25) is 0 Å². The molecule has 0 spiro atoms. The quantitative estimate of drug-likeness (QED) is 0.550. The molecular formula is C11H16O2. The molecule has 4 rings (SSSR count). The Labute approximate surface area is 78.3 Å². The molecule has 2 heteroatoms. The molecule has 2 saturated carbocycles. The summed E-state index contributed by atoms with van der Waals surface area (Å²) in [4.78, 5) is 0. The van der Waals surface area contributed by atoms with E-state index in [-0.39, 0.29) is 11.8 Å². The fourth-order valence-corrected chi connectivity index (χ4v) is 3.69. The van der Waals surface area contributed by atoms with Gasteiger partial charge in [-0.05, 0) is 32.1 Å². The average molecular weight is 180 g/mol. The van der Waals surface area contributed by atoms with Crippen molar-refractivity contribution in [1.82, 2.24) is 0 Å². The minimum Gasteiger partial charge on any atom is -0.386 e. The minimum atomic E-state index is -0.787. The normalized spacial score (nSPS) is 58.3. The third kappa shape index (κ3) is 0.728. The largest absolute Gasteiger partial charge is 0.386 e. The summed E-state index contributed by atoms with van der Waals surface area (Å²) in [6, 6.07) is 0. The van der Waals surface area contributed by atoms with Gasteiger partial charge in [-0.15, -0.1) is 0 Å². The van der Waals surface area contributed by atoms with Crippen molar-refractivity contribution in [1.29, 1.82) is 0 Å². The van der Waals surface area contributed by atoms with Gasteiger partial charge in [-0.3, -0.25) is 0 Å². The Bertz CT molecular complexity index is 247. The maximum absolute atomic E-state index is 10.5. The molecule has 2 nitrogen and oxygen atoms in total. The van der Waals surface area contributed by atoms with E-state index in [1.165, 1.54) is 0 Å². The van der Waals surface area contributed by atoms with Gasteiger partial charge in [-0.1, -0.05) is 12.2 Å². The van der Waals surface area contributed by atoms with Crippen LogP contribution in [0.4, 0.5) is 0 Å². The number of aliphatic hydroxyl groups is 2. The Kier molecular flexibility index (Phi) is 1.34. The molecule has 0 amide bonds. The molecule has 0 saturated heterocycles. The summed E-state index contributed by atoms with van der Waals surface area (Å²) < 4.78 is 0. The summed E-state index contributed by atoms with van der Waals surface area (Å²) >= 11 is 0. The van der Waals surface area contributed by atoms with Gasteiger partial charge in [0.15, 0.2) is 0 Å². The maximum Gasteiger partial charge on any atom is 0.100 e.